The van der Waals surface area contributed by atoms with Gasteiger partial charge < -0.3 is 4.74 Å². The van der Waals surface area contributed by atoms with Crippen molar-refractivity contribution in [2.45, 2.75) is 31.8 Å². The van der Waals surface area contributed by atoms with Gasteiger partial charge in [-0.05, 0) is 49.4 Å². The summed E-state index contributed by atoms with van der Waals surface area (Å²) in [7, 11) is -3.78. The van der Waals surface area contributed by atoms with E-state index in [1.807, 2.05) is 0 Å². The molecule has 2 aromatic carbocycles. The molecule has 0 aromatic heterocycles. The van der Waals surface area contributed by atoms with E-state index < -0.39 is 27.9 Å². The second-order valence-electron chi connectivity index (χ2n) is 6.15. The van der Waals surface area contributed by atoms with E-state index in [4.69, 9.17) is 27.9 Å². The first-order valence-corrected chi connectivity index (χ1v) is 11.1. The van der Waals surface area contributed by atoms with Crippen molar-refractivity contribution in [1.82, 2.24) is 4.31 Å². The van der Waals surface area contributed by atoms with E-state index in [-0.39, 0.29) is 28.6 Å². The molecule has 0 spiro atoms. The Morgan fingerprint density at radius 1 is 1.03 bits per heavy atom. The maximum atomic E-state index is 12.7. The predicted molar refractivity (Wildman–Crippen MR) is 112 cm³/mol. The molecular formula is C20H21Cl2NO5S. The molecule has 0 saturated heterocycles. The molecule has 0 saturated carbocycles. The fraction of sp³-hybridized carbons (Fsp3) is 0.300. The van der Waals surface area contributed by atoms with Gasteiger partial charge in [0.05, 0.1) is 15.5 Å². The highest BCUT2D eigenvalue weighted by molar-refractivity contribution is 7.89. The van der Waals surface area contributed by atoms with E-state index in [9.17, 15) is 18.0 Å². The van der Waals surface area contributed by atoms with Gasteiger partial charge in [-0.25, -0.2) is 13.2 Å². The van der Waals surface area contributed by atoms with Crippen molar-refractivity contribution in [3.8, 4) is 0 Å². The van der Waals surface area contributed by atoms with E-state index in [2.05, 4.69) is 0 Å². The summed E-state index contributed by atoms with van der Waals surface area (Å²) in [6, 6.07) is 9.98. The summed E-state index contributed by atoms with van der Waals surface area (Å²) in [5, 5.41) is 0.504. The van der Waals surface area contributed by atoms with Crippen LogP contribution >= 0.6 is 23.2 Å². The quantitative estimate of drug-likeness (QED) is 0.431. The van der Waals surface area contributed by atoms with E-state index in [1.54, 1.807) is 26.0 Å². The van der Waals surface area contributed by atoms with Crippen LogP contribution < -0.4 is 0 Å². The highest BCUT2D eigenvalue weighted by atomic mass is 35.5. The average Bonchev–Trinajstić information content (AvgIpc) is 2.68. The van der Waals surface area contributed by atoms with Gasteiger partial charge in [-0.1, -0.05) is 37.0 Å². The Bertz CT molecular complexity index is 1000. The molecule has 29 heavy (non-hydrogen) atoms. The van der Waals surface area contributed by atoms with Crippen LogP contribution in [0.1, 0.15) is 41.5 Å². The van der Waals surface area contributed by atoms with Crippen LogP contribution in [-0.4, -0.2) is 43.7 Å². The number of Topliss-reactive ketones (excluding diaryl/α,β-unsaturated/α-hetero) is 1. The minimum Gasteiger partial charge on any atom is -0.451 e. The van der Waals surface area contributed by atoms with E-state index in [0.29, 0.717) is 10.6 Å². The van der Waals surface area contributed by atoms with Crippen LogP contribution in [0, 0.1) is 0 Å². The Balaban J connectivity index is 2.26. The number of hydrogen-bond donors (Lipinski definition) is 0. The first-order valence-electron chi connectivity index (χ1n) is 8.92. The molecular weight excluding hydrogens is 437 g/mol. The molecule has 0 bridgehead atoms. The lowest BCUT2D eigenvalue weighted by Gasteiger charge is -2.19. The molecule has 0 amide bonds. The minimum atomic E-state index is -3.78. The highest BCUT2D eigenvalue weighted by Crippen LogP contribution is 2.24. The molecule has 6 nitrogen and oxygen atoms in total. The summed E-state index contributed by atoms with van der Waals surface area (Å²) < 4.78 is 31.9. The maximum Gasteiger partial charge on any atom is 0.340 e. The fourth-order valence-electron chi connectivity index (χ4n) is 2.66. The molecule has 0 heterocycles. The highest BCUT2D eigenvalue weighted by Gasteiger charge is 2.26. The molecule has 0 aliphatic carbocycles. The average molecular weight is 458 g/mol. The van der Waals surface area contributed by atoms with Crippen molar-refractivity contribution in [3.63, 3.8) is 0 Å². The van der Waals surface area contributed by atoms with Gasteiger partial charge in [0.2, 0.25) is 15.8 Å². The fourth-order valence-corrected chi connectivity index (χ4v) is 4.47. The Morgan fingerprint density at radius 3 is 2.17 bits per heavy atom. The van der Waals surface area contributed by atoms with Crippen LogP contribution in [0.5, 0.6) is 0 Å². The number of ketones is 1. The number of hydrogen-bond acceptors (Lipinski definition) is 5. The zero-order chi connectivity index (χ0) is 21.8. The van der Waals surface area contributed by atoms with Gasteiger partial charge in [0.1, 0.15) is 0 Å². The number of esters is 1. The normalized spacial score (nSPS) is 12.6. The number of sulfonamides is 1. The molecule has 2 rings (SSSR count). The first kappa shape index (κ1) is 23.3. The number of carbonyl (C=O) groups excluding carboxylic acids is 2. The summed E-state index contributed by atoms with van der Waals surface area (Å²) in [6.07, 6.45) is -1.09. The lowest BCUT2D eigenvalue weighted by atomic mass is 10.1. The number of nitrogens with zero attached hydrogens (tertiary/aromatic N) is 1. The van der Waals surface area contributed by atoms with Crippen molar-refractivity contribution in [2.24, 2.45) is 0 Å². The third-order valence-corrected chi connectivity index (χ3v) is 6.91. The largest absolute Gasteiger partial charge is 0.451 e. The third kappa shape index (κ3) is 5.36. The van der Waals surface area contributed by atoms with Gasteiger partial charge in [-0.3, -0.25) is 4.79 Å². The summed E-state index contributed by atoms with van der Waals surface area (Å²) in [4.78, 5) is 24.9. The molecule has 156 valence electrons. The standard InChI is InChI=1S/C20H21Cl2NO5S/c1-4-23(5-2)29(26,27)16-10-11-18(22)17(12-16)20(25)28-13(3)19(24)14-6-8-15(21)9-7-14/h6-13H,4-5H2,1-3H3. The number of benzene rings is 2. The van der Waals surface area contributed by atoms with E-state index in [0.717, 1.165) is 6.07 Å². The van der Waals surface area contributed by atoms with Crippen molar-refractivity contribution >= 4 is 45.0 Å². The SMILES string of the molecule is CCN(CC)S(=O)(=O)c1ccc(Cl)c(C(=O)OC(C)C(=O)c2ccc(Cl)cc2)c1. The van der Waals surface area contributed by atoms with Crippen molar-refractivity contribution < 1.29 is 22.7 Å². The number of halogens is 2. The lowest BCUT2D eigenvalue weighted by molar-refractivity contribution is 0.0318. The maximum absolute atomic E-state index is 12.7. The lowest BCUT2D eigenvalue weighted by Crippen LogP contribution is -2.31. The van der Waals surface area contributed by atoms with Gasteiger partial charge in [0.15, 0.2) is 6.10 Å². The first-order chi connectivity index (χ1) is 13.6. The molecule has 0 fully saturated rings. The Hall–Kier alpha value is -1.93. The molecule has 1 atom stereocenters. The number of rotatable bonds is 8. The molecule has 0 N–H and O–H groups in total. The van der Waals surface area contributed by atoms with Gasteiger partial charge in [0.25, 0.3) is 0 Å². The van der Waals surface area contributed by atoms with Crippen molar-refractivity contribution in [2.75, 3.05) is 13.1 Å². The zero-order valence-corrected chi connectivity index (χ0v) is 18.5. The van der Waals surface area contributed by atoms with Crippen LogP contribution in [0.2, 0.25) is 10.0 Å². The smallest absolute Gasteiger partial charge is 0.340 e. The third-order valence-electron chi connectivity index (χ3n) is 4.28. The predicted octanol–water partition coefficient (Wildman–Crippen LogP) is 4.45. The van der Waals surface area contributed by atoms with Crippen LogP contribution in [0.4, 0.5) is 0 Å². The summed E-state index contributed by atoms with van der Waals surface area (Å²) in [5.74, 6) is -1.31. The van der Waals surface area contributed by atoms with Gasteiger partial charge >= 0.3 is 5.97 Å². The Kier molecular flexibility index (Phi) is 7.82. The topological polar surface area (TPSA) is 80.8 Å². The molecule has 0 aliphatic heterocycles. The molecule has 0 radical (unpaired) electrons. The van der Waals surface area contributed by atoms with Crippen LogP contribution in [0.3, 0.4) is 0 Å². The van der Waals surface area contributed by atoms with Crippen molar-refractivity contribution in [3.05, 3.63) is 63.6 Å². The second-order valence-corrected chi connectivity index (χ2v) is 8.93. The van der Waals surface area contributed by atoms with Gasteiger partial charge in [0, 0.05) is 23.7 Å². The molecule has 9 heteroatoms. The molecule has 1 unspecified atom stereocenters. The second kappa shape index (κ2) is 9.71. The van der Waals surface area contributed by atoms with Crippen LogP contribution in [0.15, 0.2) is 47.4 Å². The minimum absolute atomic E-state index is 0.0274. The number of carbonyl (C=O) groups is 2. The van der Waals surface area contributed by atoms with E-state index in [1.165, 1.54) is 35.5 Å². The van der Waals surface area contributed by atoms with E-state index >= 15 is 0 Å². The Labute approximate surface area is 180 Å². The summed E-state index contributed by atoms with van der Waals surface area (Å²) in [5.41, 5.74) is 0.203. The number of ether oxygens (including phenoxy) is 1. The van der Waals surface area contributed by atoms with Crippen LogP contribution in [-0.2, 0) is 14.8 Å². The van der Waals surface area contributed by atoms with Gasteiger partial charge in [-0.15, -0.1) is 0 Å². The molecule has 0 aliphatic rings. The summed E-state index contributed by atoms with van der Waals surface area (Å²) in [6.45, 7) is 5.44. The zero-order valence-electron chi connectivity index (χ0n) is 16.2. The monoisotopic (exact) mass is 457 g/mol. The van der Waals surface area contributed by atoms with Crippen molar-refractivity contribution in [1.29, 1.82) is 0 Å². The molecule has 2 aromatic rings. The van der Waals surface area contributed by atoms with Crippen LogP contribution in [0.25, 0.3) is 0 Å². The Morgan fingerprint density at radius 2 is 1.62 bits per heavy atom. The summed E-state index contributed by atoms with van der Waals surface area (Å²) >= 11 is 11.9. The van der Waals surface area contributed by atoms with Gasteiger partial charge in [-0.2, -0.15) is 4.31 Å².